The number of hydrogen-bond donors (Lipinski definition) is 2. The Morgan fingerprint density at radius 3 is 2.29 bits per heavy atom. The van der Waals surface area contributed by atoms with Crippen molar-refractivity contribution < 1.29 is 24.4 Å². The predicted molar refractivity (Wildman–Crippen MR) is 122 cm³/mol. The molecule has 2 saturated heterocycles. The van der Waals surface area contributed by atoms with Crippen molar-refractivity contribution in [3.8, 4) is 0 Å². The molecule has 2 heterocycles. The third-order valence-corrected chi connectivity index (χ3v) is 6.68. The molecule has 2 aliphatic rings. The first-order valence-electron chi connectivity index (χ1n) is 12.5. The largest absolute Gasteiger partial charge is 0.388 e. The maximum atomic E-state index is 9.79. The van der Waals surface area contributed by atoms with Gasteiger partial charge in [-0.2, -0.15) is 0 Å². The number of ether oxygens (including phenoxy) is 3. The molecule has 1 aromatic rings. The van der Waals surface area contributed by atoms with E-state index in [2.05, 4.69) is 19.1 Å². The second-order valence-corrected chi connectivity index (χ2v) is 9.26. The van der Waals surface area contributed by atoms with Crippen LogP contribution < -0.4 is 0 Å². The zero-order chi connectivity index (χ0) is 21.9. The van der Waals surface area contributed by atoms with E-state index in [4.69, 9.17) is 14.2 Å². The van der Waals surface area contributed by atoms with Gasteiger partial charge in [-0.15, -0.1) is 0 Å². The minimum absolute atomic E-state index is 0.0525. The van der Waals surface area contributed by atoms with Crippen LogP contribution in [0.1, 0.15) is 89.5 Å². The highest BCUT2D eigenvalue weighted by atomic mass is 16.6. The van der Waals surface area contributed by atoms with Gasteiger partial charge >= 0.3 is 0 Å². The molecule has 1 aromatic carbocycles. The summed E-state index contributed by atoms with van der Waals surface area (Å²) >= 11 is 0. The molecule has 5 nitrogen and oxygen atoms in total. The van der Waals surface area contributed by atoms with Crippen LogP contribution in [0.2, 0.25) is 0 Å². The van der Waals surface area contributed by atoms with Crippen molar-refractivity contribution in [1.29, 1.82) is 0 Å². The highest BCUT2D eigenvalue weighted by Gasteiger charge is 2.42. The SMILES string of the molecule is CCCCCCCCCC[C@@H](OCc1ccccc1)[C@H]1CC[C@H]([C@H]2C[C@@H](O)C(O)O2)O1. The van der Waals surface area contributed by atoms with Crippen molar-refractivity contribution >= 4 is 0 Å². The van der Waals surface area contributed by atoms with Crippen LogP contribution in [0.5, 0.6) is 0 Å². The van der Waals surface area contributed by atoms with Gasteiger partial charge in [0.2, 0.25) is 0 Å². The molecule has 0 bridgehead atoms. The summed E-state index contributed by atoms with van der Waals surface area (Å²) in [5, 5.41) is 19.5. The van der Waals surface area contributed by atoms with Gasteiger partial charge in [0.25, 0.3) is 0 Å². The first-order chi connectivity index (χ1) is 15.2. The lowest BCUT2D eigenvalue weighted by atomic mass is 10.0. The topological polar surface area (TPSA) is 68.2 Å². The summed E-state index contributed by atoms with van der Waals surface area (Å²) in [7, 11) is 0. The molecule has 3 rings (SSSR count). The zero-order valence-corrected chi connectivity index (χ0v) is 19.2. The average Bonchev–Trinajstić information content (AvgIpc) is 3.40. The molecular weight excluding hydrogens is 392 g/mol. The molecule has 5 heteroatoms. The summed E-state index contributed by atoms with van der Waals surface area (Å²) < 4.78 is 18.2. The number of unbranched alkanes of at least 4 members (excludes halogenated alkanes) is 7. The van der Waals surface area contributed by atoms with Gasteiger partial charge in [0.1, 0.15) is 6.10 Å². The Kier molecular flexibility index (Phi) is 10.8. The molecule has 1 unspecified atom stereocenters. The summed E-state index contributed by atoms with van der Waals surface area (Å²) in [4.78, 5) is 0. The van der Waals surface area contributed by atoms with Crippen LogP contribution in [0.15, 0.2) is 30.3 Å². The van der Waals surface area contributed by atoms with Crippen LogP contribution in [0.3, 0.4) is 0 Å². The quantitative estimate of drug-likeness (QED) is 0.398. The number of benzene rings is 1. The van der Waals surface area contributed by atoms with Crippen LogP contribution in [0.25, 0.3) is 0 Å². The molecule has 2 fully saturated rings. The van der Waals surface area contributed by atoms with Crippen LogP contribution in [-0.2, 0) is 20.8 Å². The number of rotatable bonds is 14. The van der Waals surface area contributed by atoms with Gasteiger partial charge in [0, 0.05) is 6.42 Å². The highest BCUT2D eigenvalue weighted by molar-refractivity contribution is 5.13. The Morgan fingerprint density at radius 1 is 0.903 bits per heavy atom. The molecule has 2 aliphatic heterocycles. The van der Waals surface area contributed by atoms with Crippen molar-refractivity contribution in [2.75, 3.05) is 0 Å². The monoisotopic (exact) mass is 434 g/mol. The second kappa shape index (κ2) is 13.5. The van der Waals surface area contributed by atoms with E-state index in [9.17, 15) is 10.2 Å². The minimum Gasteiger partial charge on any atom is -0.388 e. The second-order valence-electron chi connectivity index (χ2n) is 9.26. The third-order valence-electron chi connectivity index (χ3n) is 6.68. The molecule has 6 atom stereocenters. The van der Waals surface area contributed by atoms with Crippen LogP contribution in [0, 0.1) is 0 Å². The van der Waals surface area contributed by atoms with Gasteiger partial charge in [0.05, 0.1) is 31.0 Å². The fraction of sp³-hybridized carbons (Fsp3) is 0.769. The van der Waals surface area contributed by atoms with E-state index in [1.54, 1.807) is 0 Å². The summed E-state index contributed by atoms with van der Waals surface area (Å²) in [5.41, 5.74) is 1.18. The average molecular weight is 435 g/mol. The first kappa shape index (κ1) is 24.7. The maximum absolute atomic E-state index is 9.79. The van der Waals surface area contributed by atoms with Crippen LogP contribution in [0.4, 0.5) is 0 Å². The lowest BCUT2D eigenvalue weighted by molar-refractivity contribution is -0.159. The maximum Gasteiger partial charge on any atom is 0.181 e. The van der Waals surface area contributed by atoms with E-state index in [1.165, 1.54) is 50.5 Å². The van der Waals surface area contributed by atoms with Crippen molar-refractivity contribution in [1.82, 2.24) is 0 Å². The molecule has 0 spiro atoms. The lowest BCUT2D eigenvalue weighted by Gasteiger charge is -2.26. The molecule has 2 N–H and O–H groups in total. The first-order valence-corrected chi connectivity index (χ1v) is 12.5. The van der Waals surface area contributed by atoms with E-state index < -0.39 is 12.4 Å². The van der Waals surface area contributed by atoms with Gasteiger partial charge in [-0.1, -0.05) is 88.6 Å². The fourth-order valence-corrected chi connectivity index (χ4v) is 4.79. The Labute approximate surface area is 188 Å². The molecular formula is C26H42O5. The van der Waals surface area contributed by atoms with Gasteiger partial charge in [-0.05, 0) is 24.8 Å². The fourth-order valence-electron chi connectivity index (χ4n) is 4.79. The molecule has 176 valence electrons. The molecule has 0 saturated carbocycles. The van der Waals surface area contributed by atoms with E-state index >= 15 is 0 Å². The van der Waals surface area contributed by atoms with Gasteiger partial charge in [-0.25, -0.2) is 0 Å². The lowest BCUT2D eigenvalue weighted by Crippen LogP contribution is -2.33. The standard InChI is InChI=1S/C26H42O5/c1-2-3-4-5-6-7-8-12-15-22(29-19-20-13-10-9-11-14-20)23-16-17-24(30-23)25-18-21(27)26(28)31-25/h9-11,13-14,21-28H,2-8,12,15-19H2,1H3/t21-,22-,23-,24-,25-,26?/m1/s1. The van der Waals surface area contributed by atoms with E-state index in [-0.39, 0.29) is 24.4 Å². The zero-order valence-electron chi connectivity index (χ0n) is 19.2. The summed E-state index contributed by atoms with van der Waals surface area (Å²) in [6.45, 7) is 2.86. The van der Waals surface area contributed by atoms with Crippen molar-refractivity contribution in [2.24, 2.45) is 0 Å². The van der Waals surface area contributed by atoms with E-state index in [0.29, 0.717) is 13.0 Å². The van der Waals surface area contributed by atoms with Gasteiger partial charge in [-0.3, -0.25) is 0 Å². The number of aliphatic hydroxyl groups excluding tert-OH is 2. The Balaban J connectivity index is 1.45. The third kappa shape index (κ3) is 8.14. The molecule has 0 radical (unpaired) electrons. The predicted octanol–water partition coefficient (Wildman–Crippen LogP) is 5.12. The van der Waals surface area contributed by atoms with E-state index in [1.807, 2.05) is 18.2 Å². The molecule has 31 heavy (non-hydrogen) atoms. The molecule has 0 amide bonds. The summed E-state index contributed by atoms with van der Waals surface area (Å²) in [6.07, 6.45) is 11.6. The van der Waals surface area contributed by atoms with E-state index in [0.717, 1.165) is 25.7 Å². The Hall–Kier alpha value is -0.980. The highest BCUT2D eigenvalue weighted by Crippen LogP contribution is 2.34. The Bertz CT molecular complexity index is 585. The normalized spacial score (nSPS) is 29.5. The van der Waals surface area contributed by atoms with Gasteiger partial charge in [0.15, 0.2) is 6.29 Å². The van der Waals surface area contributed by atoms with Crippen molar-refractivity contribution in [3.05, 3.63) is 35.9 Å². The number of hydrogen-bond acceptors (Lipinski definition) is 5. The van der Waals surface area contributed by atoms with Crippen LogP contribution in [-0.4, -0.2) is 47.0 Å². The minimum atomic E-state index is -1.09. The van der Waals surface area contributed by atoms with Crippen LogP contribution >= 0.6 is 0 Å². The van der Waals surface area contributed by atoms with Crippen molar-refractivity contribution in [3.63, 3.8) is 0 Å². The Morgan fingerprint density at radius 2 is 1.61 bits per heavy atom. The van der Waals surface area contributed by atoms with Crippen molar-refractivity contribution in [2.45, 2.75) is 127 Å². The molecule has 0 aliphatic carbocycles. The van der Waals surface area contributed by atoms with Gasteiger partial charge < -0.3 is 24.4 Å². The summed E-state index contributed by atoms with van der Waals surface area (Å²) in [5.74, 6) is 0. The number of aliphatic hydroxyl groups is 2. The summed E-state index contributed by atoms with van der Waals surface area (Å²) in [6, 6.07) is 10.3. The smallest absolute Gasteiger partial charge is 0.181 e. The molecule has 0 aromatic heterocycles.